The molecule has 408 valence electrons. The molecule has 14 heteroatoms. The lowest BCUT2D eigenvalue weighted by molar-refractivity contribution is -0.153. The summed E-state index contributed by atoms with van der Waals surface area (Å²) in [5.41, 5.74) is 4.47. The van der Waals surface area contributed by atoms with E-state index in [4.69, 9.17) is 24.4 Å². The summed E-state index contributed by atoms with van der Waals surface area (Å²) in [6.07, 6.45) is 23.5. The smallest absolute Gasteiger partial charge is 0.416 e. The van der Waals surface area contributed by atoms with Crippen molar-refractivity contribution < 1.29 is 60.4 Å². The van der Waals surface area contributed by atoms with E-state index in [9.17, 15) is 35.9 Å². The molecule has 4 N–H and O–H groups in total. The monoisotopic (exact) mass is 1040 g/mol. The molecular weight excluding hydrogens is 961 g/mol. The van der Waals surface area contributed by atoms with E-state index in [1.807, 2.05) is 13.8 Å². The van der Waals surface area contributed by atoms with Gasteiger partial charge in [0.1, 0.15) is 0 Å². The van der Waals surface area contributed by atoms with Gasteiger partial charge in [-0.3, -0.25) is 9.59 Å². The summed E-state index contributed by atoms with van der Waals surface area (Å²) >= 11 is 0. The number of carbonyl (C=O) groups excluding carboxylic acids is 1. The first kappa shape index (κ1) is 57.5. The van der Waals surface area contributed by atoms with Crippen LogP contribution in [0.15, 0.2) is 97.1 Å². The largest absolute Gasteiger partial charge is 0.481 e. The maximum atomic E-state index is 12.6. The van der Waals surface area contributed by atoms with Crippen LogP contribution in [0.25, 0.3) is 0 Å². The minimum atomic E-state index is -4.29. The number of aliphatic hydroxyl groups is 1. The van der Waals surface area contributed by atoms with Crippen LogP contribution in [0, 0.1) is 88.8 Å². The molecule has 2 aromatic carbocycles. The van der Waals surface area contributed by atoms with Crippen LogP contribution < -0.4 is 5.73 Å². The van der Waals surface area contributed by atoms with E-state index >= 15 is 0 Å². The topological polar surface area (TPSA) is 128 Å². The highest BCUT2D eigenvalue weighted by Gasteiger charge is 2.43. The summed E-state index contributed by atoms with van der Waals surface area (Å²) in [5, 5.41) is 17.6. The Labute approximate surface area is 434 Å². The quantitative estimate of drug-likeness (QED) is 0.109. The van der Waals surface area contributed by atoms with Crippen LogP contribution in [0.1, 0.15) is 113 Å². The number of halogens is 6. The van der Waals surface area contributed by atoms with Gasteiger partial charge in [-0.05, 0) is 204 Å². The minimum Gasteiger partial charge on any atom is -0.481 e. The number of carbonyl (C=O) groups is 2. The van der Waals surface area contributed by atoms with Crippen molar-refractivity contribution in [1.29, 1.82) is 0 Å². The molecule has 0 aliphatic heterocycles. The van der Waals surface area contributed by atoms with Crippen LogP contribution in [-0.2, 0) is 49.4 Å². The molecule has 6 fully saturated rings. The number of ether oxygens (including phenoxy) is 3. The number of carboxylic acids is 1. The summed E-state index contributed by atoms with van der Waals surface area (Å²) in [5.74, 6) is 7.78. The zero-order valence-electron chi connectivity index (χ0n) is 43.3. The Morgan fingerprint density at radius 3 is 1.38 bits per heavy atom. The van der Waals surface area contributed by atoms with E-state index in [0.717, 1.165) is 67.9 Å². The molecule has 10 aliphatic carbocycles. The average Bonchev–Trinajstić information content (AvgIpc) is 4.24. The molecule has 74 heavy (non-hydrogen) atoms. The SMILES string of the molecule is CC(C)OC(=O)C1CC2C=CC1C2.CN.FC(F)(F)c1cccc(COCC2CC3CCC2C3)c1.FC(F)(F)c1cccc(COC[C@H]2CC3C=CC2C3)c1.O=C(O)C1CC2C=CC1C2.OC[C@H]1CC2C=CC1C2. The number of nitrogens with two attached hydrogens (primary N) is 1. The molecule has 8 nitrogen and oxygen atoms in total. The summed E-state index contributed by atoms with van der Waals surface area (Å²) in [7, 11) is 1.50. The highest BCUT2D eigenvalue weighted by molar-refractivity contribution is 5.74. The summed E-state index contributed by atoms with van der Waals surface area (Å²) in [4.78, 5) is 22.1. The molecule has 10 bridgehead atoms. The van der Waals surface area contributed by atoms with Gasteiger partial charge in [-0.2, -0.15) is 26.3 Å². The Morgan fingerprint density at radius 1 is 0.581 bits per heavy atom. The maximum Gasteiger partial charge on any atom is 0.416 e. The fourth-order valence-corrected chi connectivity index (χ4v) is 13.5. The van der Waals surface area contributed by atoms with Gasteiger partial charge < -0.3 is 30.2 Å². The van der Waals surface area contributed by atoms with Crippen molar-refractivity contribution in [2.24, 2.45) is 94.5 Å². The number of rotatable bonds is 12. The number of aliphatic carboxylic acids is 1. The molecule has 10 aliphatic rings. The average molecular weight is 1040 g/mol. The molecular formula is C60H79F6NO7. The first-order valence-corrected chi connectivity index (χ1v) is 27.2. The van der Waals surface area contributed by atoms with Gasteiger partial charge in [-0.15, -0.1) is 0 Å². The fourth-order valence-electron chi connectivity index (χ4n) is 13.5. The second-order valence-electron chi connectivity index (χ2n) is 22.7. The molecule has 0 heterocycles. The molecule has 0 amide bonds. The fraction of sp³-hybridized carbons (Fsp3) is 0.633. The number of esters is 1. The number of alkyl halides is 6. The molecule has 15 atom stereocenters. The lowest BCUT2D eigenvalue weighted by atomic mass is 9.89. The van der Waals surface area contributed by atoms with Crippen LogP contribution >= 0.6 is 0 Å². The normalized spacial score (nSPS) is 33.3. The lowest BCUT2D eigenvalue weighted by Crippen LogP contribution is -2.24. The van der Waals surface area contributed by atoms with E-state index in [-0.39, 0.29) is 37.1 Å². The van der Waals surface area contributed by atoms with Crippen molar-refractivity contribution in [3.63, 3.8) is 0 Å². The number of hydrogen-bond donors (Lipinski definition) is 3. The second kappa shape index (κ2) is 26.2. The molecule has 0 aromatic heterocycles. The standard InChI is InChI=1S/C16H19F3O.C16H17F3O.C11H16O2.C8H10O2.C8H12O.CH5N/c2*17-16(18,19)15-3-1-2-12(8-15)9-20-10-14-7-11-4-5-13(14)6-11;1-7(2)13-11(12)10-6-8-3-4-9(10)5-8;9-8(10)7-4-5-1-2-6(7)3-5;9-5-8-4-6-1-2-7(8)3-6;1-2/h1-3,8,11,13-14H,4-7,9-10H2;1-5,8,11,13-14H,6-7,9-10H2;3-4,7-10H,5-6H2,1-2H3;1-2,5-7H,3-4H2,(H,9,10);1-2,6-9H,3-5H2;2H2,1H3/t;11?,13?,14-;;;6?,7?,8-;/m.1..1./s1. The van der Waals surface area contributed by atoms with Crippen molar-refractivity contribution in [1.82, 2.24) is 0 Å². The first-order valence-electron chi connectivity index (χ1n) is 27.2. The van der Waals surface area contributed by atoms with Gasteiger partial charge in [0.15, 0.2) is 0 Å². The van der Waals surface area contributed by atoms with Crippen LogP contribution in [0.2, 0.25) is 0 Å². The van der Waals surface area contributed by atoms with Gasteiger partial charge in [0.25, 0.3) is 0 Å². The van der Waals surface area contributed by atoms with E-state index in [1.165, 1.54) is 76.3 Å². The zero-order chi connectivity index (χ0) is 53.2. The van der Waals surface area contributed by atoms with Gasteiger partial charge in [0, 0.05) is 6.61 Å². The van der Waals surface area contributed by atoms with Crippen molar-refractivity contribution in [3.8, 4) is 0 Å². The van der Waals surface area contributed by atoms with Crippen LogP contribution in [0.4, 0.5) is 26.3 Å². The lowest BCUT2D eigenvalue weighted by Gasteiger charge is -2.21. The predicted octanol–water partition coefficient (Wildman–Crippen LogP) is 13.3. The minimum absolute atomic E-state index is 0.00634. The van der Waals surface area contributed by atoms with Gasteiger partial charge in [-0.25, -0.2) is 0 Å². The third-order valence-electron chi connectivity index (χ3n) is 17.2. The molecule has 0 spiro atoms. The number of aliphatic hydroxyl groups excluding tert-OH is 1. The molecule has 2 aromatic rings. The highest BCUT2D eigenvalue weighted by atomic mass is 19.4. The molecule has 0 radical (unpaired) electrons. The molecule has 6 saturated carbocycles. The Hall–Kier alpha value is -4.24. The number of benzene rings is 2. The van der Waals surface area contributed by atoms with Gasteiger partial charge in [-0.1, -0.05) is 79.3 Å². The Kier molecular flexibility index (Phi) is 20.3. The van der Waals surface area contributed by atoms with Crippen molar-refractivity contribution >= 4 is 11.9 Å². The predicted molar refractivity (Wildman–Crippen MR) is 273 cm³/mol. The third-order valence-corrected chi connectivity index (χ3v) is 17.2. The van der Waals surface area contributed by atoms with Gasteiger partial charge in [0.2, 0.25) is 0 Å². The summed E-state index contributed by atoms with van der Waals surface area (Å²) in [6, 6.07) is 10.8. The molecule has 12 rings (SSSR count). The van der Waals surface area contributed by atoms with Gasteiger partial charge >= 0.3 is 24.3 Å². The summed E-state index contributed by atoms with van der Waals surface area (Å²) < 4.78 is 92.1. The first-order chi connectivity index (χ1) is 35.4. The van der Waals surface area contributed by atoms with E-state index in [0.29, 0.717) is 84.2 Å². The van der Waals surface area contributed by atoms with Crippen molar-refractivity contribution in [2.75, 3.05) is 26.9 Å². The van der Waals surface area contributed by atoms with Crippen molar-refractivity contribution in [2.45, 2.75) is 123 Å². The van der Waals surface area contributed by atoms with Crippen molar-refractivity contribution in [3.05, 3.63) is 119 Å². The number of hydrogen-bond acceptors (Lipinski definition) is 7. The Bertz CT molecular complexity index is 2260. The Morgan fingerprint density at radius 2 is 1.04 bits per heavy atom. The third kappa shape index (κ3) is 15.7. The maximum absolute atomic E-state index is 12.6. The van der Waals surface area contributed by atoms with E-state index < -0.39 is 29.4 Å². The number of allylic oxidation sites excluding steroid dienone is 8. The van der Waals surface area contributed by atoms with Crippen LogP contribution in [0.3, 0.4) is 0 Å². The van der Waals surface area contributed by atoms with Crippen LogP contribution in [-0.4, -0.2) is 55.1 Å². The number of fused-ring (bicyclic) bond motifs is 10. The number of carboxylic acid groups (broad SMARTS) is 1. The second-order valence-corrected chi connectivity index (χ2v) is 22.7. The summed E-state index contributed by atoms with van der Waals surface area (Å²) in [6.45, 7) is 6.06. The molecule has 0 saturated heterocycles. The highest BCUT2D eigenvalue weighted by Crippen LogP contribution is 2.49. The Balaban J connectivity index is 0.000000138. The van der Waals surface area contributed by atoms with Crippen LogP contribution in [0.5, 0.6) is 0 Å². The zero-order valence-corrected chi connectivity index (χ0v) is 43.3. The van der Waals surface area contributed by atoms with E-state index in [2.05, 4.69) is 54.3 Å². The molecule has 13 unspecified atom stereocenters. The van der Waals surface area contributed by atoms with Gasteiger partial charge in [0.05, 0.1) is 55.5 Å². The van der Waals surface area contributed by atoms with E-state index in [1.54, 1.807) is 12.1 Å².